The standard InChI is InChI=1S/C14H17F3N2O3S/c1-2-8(11-19-9(7-23-11)14(15,16)17)18-10(20)6-13(12(21)22)4-3-5-13/h7-8H,2-6H2,1H3,(H,18,20)(H,21,22). The van der Waals surface area contributed by atoms with E-state index in [0.29, 0.717) is 19.3 Å². The normalized spacial score (nSPS) is 18.1. The molecule has 2 N–H and O–H groups in total. The van der Waals surface area contributed by atoms with Crippen molar-refractivity contribution in [1.29, 1.82) is 0 Å². The second kappa shape index (κ2) is 6.46. The number of hydrogen-bond acceptors (Lipinski definition) is 4. The van der Waals surface area contributed by atoms with Crippen LogP contribution in [0.4, 0.5) is 13.2 Å². The van der Waals surface area contributed by atoms with Crippen LogP contribution in [-0.2, 0) is 15.8 Å². The highest BCUT2D eigenvalue weighted by molar-refractivity contribution is 7.09. The van der Waals surface area contributed by atoms with Gasteiger partial charge in [0.25, 0.3) is 0 Å². The van der Waals surface area contributed by atoms with Crippen LogP contribution in [0.25, 0.3) is 0 Å². The fraction of sp³-hybridized carbons (Fsp3) is 0.643. The molecule has 1 saturated carbocycles. The molecular weight excluding hydrogens is 333 g/mol. The van der Waals surface area contributed by atoms with E-state index in [2.05, 4.69) is 10.3 Å². The first-order chi connectivity index (χ1) is 10.7. The van der Waals surface area contributed by atoms with Crippen molar-refractivity contribution in [3.63, 3.8) is 0 Å². The molecule has 5 nitrogen and oxygen atoms in total. The fourth-order valence-corrected chi connectivity index (χ4v) is 3.50. The number of rotatable bonds is 6. The molecule has 0 aliphatic heterocycles. The number of nitrogens with zero attached hydrogens (tertiary/aromatic N) is 1. The molecule has 0 aromatic carbocycles. The van der Waals surface area contributed by atoms with Gasteiger partial charge < -0.3 is 10.4 Å². The van der Waals surface area contributed by atoms with E-state index in [9.17, 15) is 27.9 Å². The number of thiazole rings is 1. The van der Waals surface area contributed by atoms with E-state index in [1.807, 2.05) is 0 Å². The van der Waals surface area contributed by atoms with Crippen LogP contribution < -0.4 is 5.32 Å². The van der Waals surface area contributed by atoms with Gasteiger partial charge >= 0.3 is 12.1 Å². The summed E-state index contributed by atoms with van der Waals surface area (Å²) < 4.78 is 37.8. The Balaban J connectivity index is 2.03. The van der Waals surface area contributed by atoms with Gasteiger partial charge in [0.2, 0.25) is 5.91 Å². The maximum Gasteiger partial charge on any atom is 0.434 e. The summed E-state index contributed by atoms with van der Waals surface area (Å²) in [5.41, 5.74) is -2.01. The zero-order valence-electron chi connectivity index (χ0n) is 12.4. The Bertz CT molecular complexity index is 596. The number of aromatic nitrogens is 1. The molecule has 1 atom stereocenters. The molecule has 0 saturated heterocycles. The lowest BCUT2D eigenvalue weighted by Gasteiger charge is -2.37. The van der Waals surface area contributed by atoms with Crippen molar-refractivity contribution in [1.82, 2.24) is 10.3 Å². The largest absolute Gasteiger partial charge is 0.481 e. The Kier molecular flexibility index (Phi) is 4.98. The third kappa shape index (κ3) is 3.82. The maximum atomic E-state index is 12.6. The van der Waals surface area contributed by atoms with Crippen LogP contribution in [0, 0.1) is 5.41 Å². The number of carbonyl (C=O) groups excluding carboxylic acids is 1. The third-order valence-electron chi connectivity index (χ3n) is 4.12. The summed E-state index contributed by atoms with van der Waals surface area (Å²) in [5.74, 6) is -1.47. The monoisotopic (exact) mass is 350 g/mol. The van der Waals surface area contributed by atoms with Gasteiger partial charge in [-0.3, -0.25) is 9.59 Å². The predicted molar refractivity (Wildman–Crippen MR) is 76.8 cm³/mol. The lowest BCUT2D eigenvalue weighted by molar-refractivity contribution is -0.157. The predicted octanol–water partition coefficient (Wildman–Crippen LogP) is 3.37. The molecule has 23 heavy (non-hydrogen) atoms. The van der Waals surface area contributed by atoms with Gasteiger partial charge in [0, 0.05) is 11.8 Å². The Morgan fingerprint density at radius 1 is 1.48 bits per heavy atom. The van der Waals surface area contributed by atoms with E-state index in [-0.39, 0.29) is 11.4 Å². The smallest absolute Gasteiger partial charge is 0.434 e. The van der Waals surface area contributed by atoms with Crippen LogP contribution in [0.3, 0.4) is 0 Å². The molecule has 1 aliphatic carbocycles. The van der Waals surface area contributed by atoms with Crippen LogP contribution in [0.2, 0.25) is 0 Å². The molecule has 1 aliphatic rings. The molecule has 1 aromatic rings. The fourth-order valence-electron chi connectivity index (χ4n) is 2.54. The highest BCUT2D eigenvalue weighted by Gasteiger charge is 2.46. The molecule has 2 rings (SSSR count). The Labute approximate surface area is 134 Å². The summed E-state index contributed by atoms with van der Waals surface area (Å²) in [6.45, 7) is 1.72. The minimum Gasteiger partial charge on any atom is -0.481 e. The van der Waals surface area contributed by atoms with Gasteiger partial charge in [-0.15, -0.1) is 11.3 Å². The molecule has 0 bridgehead atoms. The zero-order valence-corrected chi connectivity index (χ0v) is 13.3. The van der Waals surface area contributed by atoms with E-state index in [4.69, 9.17) is 0 Å². The number of hydrogen-bond donors (Lipinski definition) is 2. The molecular formula is C14H17F3N2O3S. The van der Waals surface area contributed by atoms with Crippen LogP contribution in [0.1, 0.15) is 55.8 Å². The van der Waals surface area contributed by atoms with E-state index in [1.54, 1.807) is 6.92 Å². The number of carboxylic acids is 1. The van der Waals surface area contributed by atoms with E-state index >= 15 is 0 Å². The van der Waals surface area contributed by atoms with Gasteiger partial charge in [0.15, 0.2) is 5.69 Å². The summed E-state index contributed by atoms with van der Waals surface area (Å²) in [6.07, 6.45) is -2.65. The van der Waals surface area contributed by atoms with Gasteiger partial charge in [-0.2, -0.15) is 13.2 Å². The van der Waals surface area contributed by atoms with Gasteiger partial charge in [0.05, 0.1) is 11.5 Å². The number of carbonyl (C=O) groups is 2. The average molecular weight is 350 g/mol. The molecule has 1 unspecified atom stereocenters. The third-order valence-corrected chi connectivity index (χ3v) is 5.08. The quantitative estimate of drug-likeness (QED) is 0.824. The van der Waals surface area contributed by atoms with Crippen molar-refractivity contribution >= 4 is 23.2 Å². The number of alkyl halides is 3. The summed E-state index contributed by atoms with van der Waals surface area (Å²) in [7, 11) is 0. The molecule has 1 fully saturated rings. The first kappa shape index (κ1) is 17.7. The van der Waals surface area contributed by atoms with E-state index < -0.39 is 35.2 Å². The van der Waals surface area contributed by atoms with Gasteiger partial charge in [0.1, 0.15) is 5.01 Å². The van der Waals surface area contributed by atoms with Crippen LogP contribution in [0.5, 0.6) is 0 Å². The van der Waals surface area contributed by atoms with Crippen molar-refractivity contribution in [2.75, 3.05) is 0 Å². The number of carboxylic acid groups (broad SMARTS) is 1. The van der Waals surface area contributed by atoms with Crippen molar-refractivity contribution in [2.24, 2.45) is 5.41 Å². The molecule has 1 amide bonds. The zero-order chi connectivity index (χ0) is 17.3. The molecule has 9 heteroatoms. The van der Waals surface area contributed by atoms with Crippen molar-refractivity contribution in [3.05, 3.63) is 16.1 Å². The van der Waals surface area contributed by atoms with Crippen molar-refractivity contribution in [3.8, 4) is 0 Å². The Morgan fingerprint density at radius 3 is 2.52 bits per heavy atom. The van der Waals surface area contributed by atoms with Crippen LogP contribution in [0.15, 0.2) is 5.38 Å². The minimum absolute atomic E-state index is 0.156. The average Bonchev–Trinajstić information content (AvgIpc) is 2.89. The molecule has 0 radical (unpaired) electrons. The topological polar surface area (TPSA) is 79.3 Å². The Morgan fingerprint density at radius 2 is 2.13 bits per heavy atom. The molecule has 128 valence electrons. The summed E-state index contributed by atoms with van der Waals surface area (Å²) in [6, 6.07) is -0.644. The highest BCUT2D eigenvalue weighted by Crippen LogP contribution is 2.44. The highest BCUT2D eigenvalue weighted by atomic mass is 32.1. The van der Waals surface area contributed by atoms with Crippen LogP contribution >= 0.6 is 11.3 Å². The lowest BCUT2D eigenvalue weighted by atomic mass is 9.66. The number of nitrogens with one attached hydrogen (secondary N) is 1. The summed E-state index contributed by atoms with van der Waals surface area (Å²) in [4.78, 5) is 26.9. The van der Waals surface area contributed by atoms with E-state index in [0.717, 1.165) is 23.1 Å². The first-order valence-corrected chi connectivity index (χ1v) is 8.11. The maximum absolute atomic E-state index is 12.6. The Hall–Kier alpha value is -1.64. The SMILES string of the molecule is CCC(NC(=O)CC1(C(=O)O)CCC1)c1nc(C(F)(F)F)cs1. The lowest BCUT2D eigenvalue weighted by Crippen LogP contribution is -2.43. The van der Waals surface area contributed by atoms with Crippen molar-refractivity contribution in [2.45, 2.75) is 51.2 Å². The van der Waals surface area contributed by atoms with Crippen molar-refractivity contribution < 1.29 is 27.9 Å². The number of aliphatic carboxylic acids is 1. The molecule has 0 spiro atoms. The first-order valence-electron chi connectivity index (χ1n) is 7.23. The molecule has 1 aromatic heterocycles. The number of halogens is 3. The second-order valence-corrected chi connectivity index (χ2v) is 6.60. The van der Waals surface area contributed by atoms with E-state index in [1.165, 1.54) is 0 Å². The molecule has 1 heterocycles. The minimum atomic E-state index is -4.52. The summed E-state index contributed by atoms with van der Waals surface area (Å²) >= 11 is 0.833. The van der Waals surface area contributed by atoms with Gasteiger partial charge in [-0.1, -0.05) is 13.3 Å². The van der Waals surface area contributed by atoms with Gasteiger partial charge in [-0.05, 0) is 19.3 Å². The van der Waals surface area contributed by atoms with Crippen LogP contribution in [-0.4, -0.2) is 22.0 Å². The van der Waals surface area contributed by atoms with Gasteiger partial charge in [-0.25, -0.2) is 4.98 Å². The second-order valence-electron chi connectivity index (χ2n) is 5.71. The number of amides is 1. The summed E-state index contributed by atoms with van der Waals surface area (Å²) in [5, 5.41) is 12.9.